The van der Waals surface area contributed by atoms with E-state index in [0.717, 1.165) is 24.2 Å². The lowest BCUT2D eigenvalue weighted by Gasteiger charge is -2.00. The second-order valence-electron chi connectivity index (χ2n) is 5.33. The van der Waals surface area contributed by atoms with E-state index in [9.17, 15) is 4.79 Å². The van der Waals surface area contributed by atoms with E-state index in [-0.39, 0.29) is 5.91 Å². The first-order valence-electron chi connectivity index (χ1n) is 7.02. The van der Waals surface area contributed by atoms with Crippen LogP contribution in [0.15, 0.2) is 34.9 Å². The van der Waals surface area contributed by atoms with Crippen molar-refractivity contribution in [3.05, 3.63) is 41.9 Å². The SMILES string of the molecule is Cc1ccc(-c2cnc(CCC(=O)NC3CC3)o2)cc1. The van der Waals surface area contributed by atoms with Gasteiger partial charge in [-0.2, -0.15) is 0 Å². The molecule has 1 aliphatic carbocycles. The second-order valence-corrected chi connectivity index (χ2v) is 5.33. The Bertz CT molecular complexity index is 597. The van der Waals surface area contributed by atoms with Crippen molar-refractivity contribution < 1.29 is 9.21 Å². The zero-order valence-electron chi connectivity index (χ0n) is 11.6. The first kappa shape index (κ1) is 12.9. The van der Waals surface area contributed by atoms with Crippen molar-refractivity contribution in [3.63, 3.8) is 0 Å². The number of benzene rings is 1. The summed E-state index contributed by atoms with van der Waals surface area (Å²) in [4.78, 5) is 15.8. The maximum absolute atomic E-state index is 11.6. The molecule has 0 bridgehead atoms. The number of rotatable bonds is 5. The second kappa shape index (κ2) is 5.49. The molecule has 1 aliphatic rings. The molecule has 1 aromatic heterocycles. The van der Waals surface area contributed by atoms with Gasteiger partial charge in [0.2, 0.25) is 5.91 Å². The van der Waals surface area contributed by atoms with Gasteiger partial charge in [-0.1, -0.05) is 29.8 Å². The molecule has 20 heavy (non-hydrogen) atoms. The first-order valence-corrected chi connectivity index (χ1v) is 7.02. The maximum atomic E-state index is 11.6. The van der Waals surface area contributed by atoms with Crippen LogP contribution in [0.25, 0.3) is 11.3 Å². The van der Waals surface area contributed by atoms with E-state index in [2.05, 4.69) is 10.3 Å². The highest BCUT2D eigenvalue weighted by molar-refractivity contribution is 5.76. The molecule has 104 valence electrons. The standard InChI is InChI=1S/C16H18N2O2/c1-11-2-4-12(5-3-11)14-10-17-16(20-14)9-8-15(19)18-13-6-7-13/h2-5,10,13H,6-9H2,1H3,(H,18,19). The normalized spacial score (nSPS) is 14.2. The van der Waals surface area contributed by atoms with Crippen molar-refractivity contribution >= 4 is 5.91 Å². The molecule has 2 aromatic rings. The molecule has 0 aliphatic heterocycles. The van der Waals surface area contributed by atoms with Gasteiger partial charge in [-0.15, -0.1) is 0 Å². The summed E-state index contributed by atoms with van der Waals surface area (Å²) in [6, 6.07) is 8.52. The van der Waals surface area contributed by atoms with Gasteiger partial charge in [-0.25, -0.2) is 4.98 Å². The number of amides is 1. The Hall–Kier alpha value is -2.10. The summed E-state index contributed by atoms with van der Waals surface area (Å²) in [6.07, 6.45) is 4.93. The number of nitrogens with zero attached hydrogens (tertiary/aromatic N) is 1. The van der Waals surface area contributed by atoms with E-state index in [1.165, 1.54) is 5.56 Å². The molecule has 1 fully saturated rings. The van der Waals surface area contributed by atoms with Gasteiger partial charge in [0, 0.05) is 24.4 Å². The largest absolute Gasteiger partial charge is 0.441 e. The van der Waals surface area contributed by atoms with Gasteiger partial charge in [-0.3, -0.25) is 4.79 Å². The molecule has 1 N–H and O–H groups in total. The predicted molar refractivity (Wildman–Crippen MR) is 76.2 cm³/mol. The number of oxazole rings is 1. The smallest absolute Gasteiger partial charge is 0.220 e. The van der Waals surface area contributed by atoms with E-state index >= 15 is 0 Å². The van der Waals surface area contributed by atoms with Crippen LogP contribution in [0.1, 0.15) is 30.7 Å². The third-order valence-electron chi connectivity index (χ3n) is 3.40. The fourth-order valence-electron chi connectivity index (χ4n) is 2.03. The summed E-state index contributed by atoms with van der Waals surface area (Å²) in [6.45, 7) is 2.05. The van der Waals surface area contributed by atoms with Gasteiger partial charge >= 0.3 is 0 Å². The molecule has 0 unspecified atom stereocenters. The highest BCUT2D eigenvalue weighted by atomic mass is 16.4. The van der Waals surface area contributed by atoms with Crippen LogP contribution < -0.4 is 5.32 Å². The molecule has 1 saturated carbocycles. The molecule has 3 rings (SSSR count). The van der Waals surface area contributed by atoms with Gasteiger partial charge in [-0.05, 0) is 19.8 Å². The number of aryl methyl sites for hydroxylation is 2. The number of hydrogen-bond acceptors (Lipinski definition) is 3. The summed E-state index contributed by atoms with van der Waals surface area (Å²) in [5.41, 5.74) is 2.22. The molecular weight excluding hydrogens is 252 g/mol. The fourth-order valence-corrected chi connectivity index (χ4v) is 2.03. The Morgan fingerprint density at radius 2 is 2.10 bits per heavy atom. The molecule has 0 spiro atoms. The average molecular weight is 270 g/mol. The Morgan fingerprint density at radius 1 is 1.35 bits per heavy atom. The van der Waals surface area contributed by atoms with Crippen LogP contribution in [-0.4, -0.2) is 16.9 Å². The lowest BCUT2D eigenvalue weighted by molar-refractivity contribution is -0.121. The monoisotopic (exact) mass is 270 g/mol. The fraction of sp³-hybridized carbons (Fsp3) is 0.375. The van der Waals surface area contributed by atoms with Crippen molar-refractivity contribution in [3.8, 4) is 11.3 Å². The van der Waals surface area contributed by atoms with Crippen molar-refractivity contribution in [2.75, 3.05) is 0 Å². The molecule has 1 amide bonds. The number of hydrogen-bond donors (Lipinski definition) is 1. The van der Waals surface area contributed by atoms with E-state index < -0.39 is 0 Å². The van der Waals surface area contributed by atoms with Crippen molar-refractivity contribution in [1.82, 2.24) is 10.3 Å². The Labute approximate surface area is 118 Å². The van der Waals surface area contributed by atoms with E-state index in [1.54, 1.807) is 6.20 Å². The average Bonchev–Trinajstić information content (AvgIpc) is 3.12. The lowest BCUT2D eigenvalue weighted by Crippen LogP contribution is -2.25. The van der Waals surface area contributed by atoms with E-state index in [0.29, 0.717) is 24.8 Å². The van der Waals surface area contributed by atoms with Crippen molar-refractivity contribution in [2.24, 2.45) is 0 Å². The Balaban J connectivity index is 1.58. The first-order chi connectivity index (χ1) is 9.70. The van der Waals surface area contributed by atoms with Crippen molar-refractivity contribution in [2.45, 2.75) is 38.6 Å². The van der Waals surface area contributed by atoms with Gasteiger partial charge < -0.3 is 9.73 Å². The zero-order valence-corrected chi connectivity index (χ0v) is 11.6. The topological polar surface area (TPSA) is 55.1 Å². The van der Waals surface area contributed by atoms with Crippen LogP contribution in [0.2, 0.25) is 0 Å². The molecule has 0 atom stereocenters. The van der Waals surface area contributed by atoms with Crippen LogP contribution >= 0.6 is 0 Å². The summed E-state index contributed by atoms with van der Waals surface area (Å²) in [5.74, 6) is 1.46. The van der Waals surface area contributed by atoms with Crippen LogP contribution in [0.5, 0.6) is 0 Å². The van der Waals surface area contributed by atoms with Gasteiger partial charge in [0.25, 0.3) is 0 Å². The van der Waals surface area contributed by atoms with Gasteiger partial charge in [0.05, 0.1) is 6.20 Å². The number of carbonyl (C=O) groups excluding carboxylic acids is 1. The summed E-state index contributed by atoms with van der Waals surface area (Å²) in [7, 11) is 0. The molecule has 0 saturated heterocycles. The van der Waals surface area contributed by atoms with Gasteiger partial charge in [0.1, 0.15) is 0 Å². The Kier molecular flexibility index (Phi) is 3.54. The summed E-state index contributed by atoms with van der Waals surface area (Å²) < 4.78 is 5.69. The minimum Gasteiger partial charge on any atom is -0.441 e. The van der Waals surface area contributed by atoms with Crippen LogP contribution in [0.3, 0.4) is 0 Å². The molecule has 1 heterocycles. The van der Waals surface area contributed by atoms with Crippen molar-refractivity contribution in [1.29, 1.82) is 0 Å². The number of aromatic nitrogens is 1. The van der Waals surface area contributed by atoms with E-state index in [1.807, 2.05) is 31.2 Å². The third-order valence-corrected chi connectivity index (χ3v) is 3.40. The predicted octanol–water partition coefficient (Wildman–Crippen LogP) is 2.86. The number of nitrogens with one attached hydrogen (secondary N) is 1. The molecule has 4 heteroatoms. The van der Waals surface area contributed by atoms with Gasteiger partial charge in [0.15, 0.2) is 11.7 Å². The van der Waals surface area contributed by atoms with Crippen LogP contribution in [-0.2, 0) is 11.2 Å². The minimum atomic E-state index is 0.0857. The summed E-state index contributed by atoms with van der Waals surface area (Å²) in [5, 5.41) is 2.96. The van der Waals surface area contributed by atoms with Crippen LogP contribution in [0.4, 0.5) is 0 Å². The molecular formula is C16H18N2O2. The Morgan fingerprint density at radius 3 is 2.80 bits per heavy atom. The lowest BCUT2D eigenvalue weighted by atomic mass is 10.1. The molecule has 4 nitrogen and oxygen atoms in total. The van der Waals surface area contributed by atoms with E-state index in [4.69, 9.17) is 4.42 Å². The van der Waals surface area contributed by atoms with Crippen LogP contribution in [0, 0.1) is 6.92 Å². The third kappa shape index (κ3) is 3.26. The molecule has 1 aromatic carbocycles. The molecule has 0 radical (unpaired) electrons. The number of carbonyl (C=O) groups is 1. The minimum absolute atomic E-state index is 0.0857. The zero-order chi connectivity index (χ0) is 13.9. The summed E-state index contributed by atoms with van der Waals surface area (Å²) >= 11 is 0. The quantitative estimate of drug-likeness (QED) is 0.909. The highest BCUT2D eigenvalue weighted by Gasteiger charge is 2.23. The highest BCUT2D eigenvalue weighted by Crippen LogP contribution is 2.22. The maximum Gasteiger partial charge on any atom is 0.220 e.